The first-order valence-electron chi connectivity index (χ1n) is 7.67. The summed E-state index contributed by atoms with van der Waals surface area (Å²) in [4.78, 5) is 3.31. The van der Waals surface area contributed by atoms with Crippen LogP contribution in [-0.2, 0) is 6.54 Å². The van der Waals surface area contributed by atoms with Gasteiger partial charge in [0.15, 0.2) is 0 Å². The van der Waals surface area contributed by atoms with Gasteiger partial charge in [0.25, 0.3) is 0 Å². The number of H-pyrrole nitrogens is 1. The van der Waals surface area contributed by atoms with E-state index < -0.39 is 0 Å². The maximum Gasteiger partial charge on any atom is 0.106 e. The van der Waals surface area contributed by atoms with Crippen molar-refractivity contribution in [2.24, 2.45) is 5.73 Å². The van der Waals surface area contributed by atoms with Crippen molar-refractivity contribution in [2.75, 3.05) is 5.73 Å². The number of hydrogen-bond acceptors (Lipinski definition) is 2. The molecule has 0 atom stereocenters. The summed E-state index contributed by atoms with van der Waals surface area (Å²) in [5, 5.41) is 3.37. The predicted octanol–water partition coefficient (Wildman–Crippen LogP) is 6.05. The van der Waals surface area contributed by atoms with Crippen molar-refractivity contribution in [1.29, 1.82) is 0 Å². The highest BCUT2D eigenvalue weighted by molar-refractivity contribution is 9.10. The molecule has 6 heteroatoms. The second-order valence-electron chi connectivity index (χ2n) is 5.89. The monoisotopic (exact) mass is 433 g/mol. The van der Waals surface area contributed by atoms with Gasteiger partial charge in [-0.2, -0.15) is 0 Å². The van der Waals surface area contributed by atoms with Crippen LogP contribution in [-0.4, -0.2) is 4.98 Å². The van der Waals surface area contributed by atoms with Crippen molar-refractivity contribution in [1.82, 2.24) is 4.98 Å². The quantitative estimate of drug-likeness (QED) is 0.359. The van der Waals surface area contributed by atoms with Crippen molar-refractivity contribution < 1.29 is 0 Å². The molecule has 126 valence electrons. The van der Waals surface area contributed by atoms with Crippen molar-refractivity contribution >= 4 is 55.7 Å². The lowest BCUT2D eigenvalue weighted by Gasteiger charge is -2.18. The molecule has 0 saturated heterocycles. The molecule has 1 heterocycles. The molecule has 0 fully saturated rings. The Labute approximate surface area is 163 Å². The van der Waals surface area contributed by atoms with Crippen molar-refractivity contribution in [3.63, 3.8) is 0 Å². The molecule has 0 unspecified atom stereocenters. The molecule has 2 aromatic rings. The minimum absolute atomic E-state index is 0.303. The summed E-state index contributed by atoms with van der Waals surface area (Å²) in [5.74, 6) is 0.548. The van der Waals surface area contributed by atoms with Crippen LogP contribution in [0.4, 0.5) is 5.82 Å². The Morgan fingerprint density at radius 3 is 2.52 bits per heavy atom. The first-order chi connectivity index (χ1) is 12.0. The molecule has 0 radical (unpaired) electrons. The van der Waals surface area contributed by atoms with E-state index in [4.69, 9.17) is 34.7 Å². The van der Waals surface area contributed by atoms with E-state index >= 15 is 0 Å². The highest BCUT2D eigenvalue weighted by atomic mass is 79.9. The number of benzene rings is 2. The average molecular weight is 435 g/mol. The summed E-state index contributed by atoms with van der Waals surface area (Å²) in [6, 6.07) is 13.7. The molecule has 5 N–H and O–H groups in total. The molecule has 3 nitrogen and oxygen atoms in total. The minimum atomic E-state index is 0.303. The summed E-state index contributed by atoms with van der Waals surface area (Å²) in [7, 11) is 0. The Kier molecular flexibility index (Phi) is 4.16. The topological polar surface area (TPSA) is 67.8 Å². The van der Waals surface area contributed by atoms with E-state index in [-0.39, 0.29) is 0 Å². The van der Waals surface area contributed by atoms with Crippen LogP contribution in [0.15, 0.2) is 46.9 Å². The molecule has 0 saturated carbocycles. The second-order valence-corrected chi connectivity index (χ2v) is 7.64. The maximum absolute atomic E-state index is 6.49. The average Bonchev–Trinajstić information content (AvgIpc) is 2.91. The van der Waals surface area contributed by atoms with Crippen LogP contribution in [0.2, 0.25) is 10.0 Å². The zero-order valence-electron chi connectivity index (χ0n) is 13.0. The van der Waals surface area contributed by atoms with E-state index in [1.54, 1.807) is 6.07 Å². The minimum Gasteiger partial charge on any atom is -0.385 e. The third kappa shape index (κ3) is 2.70. The summed E-state index contributed by atoms with van der Waals surface area (Å²) < 4.78 is 1.02. The first kappa shape index (κ1) is 16.7. The maximum atomic E-state index is 6.49. The van der Waals surface area contributed by atoms with Gasteiger partial charge in [-0.15, -0.1) is 0 Å². The summed E-state index contributed by atoms with van der Waals surface area (Å²) in [5.41, 5.74) is 16.9. The number of halogens is 3. The lowest BCUT2D eigenvalue weighted by atomic mass is 9.94. The number of nitrogen functional groups attached to an aromatic ring is 1. The Balaban J connectivity index is 2.14. The van der Waals surface area contributed by atoms with E-state index in [1.807, 2.05) is 18.2 Å². The number of anilines is 1. The van der Waals surface area contributed by atoms with Gasteiger partial charge in [0.2, 0.25) is 0 Å². The first-order valence-corrected chi connectivity index (χ1v) is 9.22. The number of rotatable bonds is 2. The normalized spacial score (nSPS) is 11.5. The standard InChI is InChI=1S/C19H14BrCl2N3/c20-10-1-3-12-9(5-10)6-14-17(13-4-2-11(21)7-16(13)22)15(8-23)19(24)25-18(12)14/h1-7,25H,8,23-24H2. The number of nitrogens with two attached hydrogens (primary N) is 2. The third-order valence-corrected chi connectivity index (χ3v) is 5.45. The second kappa shape index (κ2) is 6.22. The fourth-order valence-corrected chi connectivity index (χ4v) is 4.19. The molecule has 1 aliphatic carbocycles. The largest absolute Gasteiger partial charge is 0.385 e. The number of fused-ring (bicyclic) bond motifs is 3. The van der Waals surface area contributed by atoms with Crippen LogP contribution in [0.1, 0.15) is 5.56 Å². The molecule has 4 rings (SSSR count). The fraction of sp³-hybridized carbons (Fsp3) is 0.0526. The van der Waals surface area contributed by atoms with E-state index in [1.165, 1.54) is 0 Å². The van der Waals surface area contributed by atoms with Gasteiger partial charge in [0.1, 0.15) is 5.82 Å². The predicted molar refractivity (Wildman–Crippen MR) is 110 cm³/mol. The van der Waals surface area contributed by atoms with Crippen LogP contribution < -0.4 is 11.5 Å². The van der Waals surface area contributed by atoms with Gasteiger partial charge in [-0.05, 0) is 35.7 Å². The van der Waals surface area contributed by atoms with Crippen LogP contribution >= 0.6 is 39.1 Å². The SMILES string of the molecule is NCc1c(N)[nH]c2c3ccc(Br)cc3cc-2c1-c1ccc(Cl)cc1Cl. The molecule has 0 spiro atoms. The van der Waals surface area contributed by atoms with Crippen LogP contribution in [0.3, 0.4) is 0 Å². The molecule has 2 aliphatic rings. The summed E-state index contributed by atoms with van der Waals surface area (Å²) in [6.45, 7) is 0.303. The molecule has 0 bridgehead atoms. The van der Waals surface area contributed by atoms with Crippen LogP contribution in [0.25, 0.3) is 33.2 Å². The Morgan fingerprint density at radius 1 is 1.00 bits per heavy atom. The van der Waals surface area contributed by atoms with E-state index in [0.29, 0.717) is 22.4 Å². The number of aromatic nitrogens is 1. The highest BCUT2D eigenvalue weighted by Gasteiger charge is 2.22. The lowest BCUT2D eigenvalue weighted by molar-refractivity contribution is 1.06. The van der Waals surface area contributed by atoms with E-state index in [2.05, 4.69) is 39.1 Å². The van der Waals surface area contributed by atoms with Gasteiger partial charge in [0.05, 0.1) is 5.69 Å². The van der Waals surface area contributed by atoms with Gasteiger partial charge in [-0.25, -0.2) is 0 Å². The Hall–Kier alpha value is -1.72. The molecule has 1 aliphatic heterocycles. The summed E-state index contributed by atoms with van der Waals surface area (Å²) >= 11 is 16.1. The third-order valence-electron chi connectivity index (χ3n) is 4.41. The smallest absolute Gasteiger partial charge is 0.106 e. The lowest BCUT2D eigenvalue weighted by Crippen LogP contribution is -2.08. The Bertz CT molecular complexity index is 1090. The van der Waals surface area contributed by atoms with Gasteiger partial charge >= 0.3 is 0 Å². The van der Waals surface area contributed by atoms with Crippen molar-refractivity contribution in [3.05, 3.63) is 62.5 Å². The van der Waals surface area contributed by atoms with Gasteiger partial charge in [-0.1, -0.05) is 51.3 Å². The van der Waals surface area contributed by atoms with Crippen LogP contribution in [0, 0.1) is 0 Å². The highest BCUT2D eigenvalue weighted by Crippen LogP contribution is 2.45. The van der Waals surface area contributed by atoms with E-state index in [9.17, 15) is 0 Å². The molecule has 25 heavy (non-hydrogen) atoms. The zero-order chi connectivity index (χ0) is 17.7. The number of nitrogens with one attached hydrogen (secondary N) is 1. The molecule has 2 aromatic carbocycles. The number of aromatic amines is 1. The molecular formula is C19H14BrCl2N3. The molecule has 0 aromatic heterocycles. The fourth-order valence-electron chi connectivity index (χ4n) is 3.30. The van der Waals surface area contributed by atoms with Crippen LogP contribution in [0.5, 0.6) is 0 Å². The molecule has 0 amide bonds. The Morgan fingerprint density at radius 2 is 1.80 bits per heavy atom. The van der Waals surface area contributed by atoms with Crippen molar-refractivity contribution in [3.8, 4) is 22.4 Å². The summed E-state index contributed by atoms with van der Waals surface area (Å²) in [6.07, 6.45) is 0. The van der Waals surface area contributed by atoms with Crippen molar-refractivity contribution in [2.45, 2.75) is 6.54 Å². The van der Waals surface area contributed by atoms with Gasteiger partial charge in [-0.3, -0.25) is 0 Å². The number of hydrogen-bond donors (Lipinski definition) is 3. The zero-order valence-corrected chi connectivity index (χ0v) is 16.1. The molecular weight excluding hydrogens is 421 g/mol. The van der Waals surface area contributed by atoms with E-state index in [0.717, 1.165) is 43.2 Å². The van der Waals surface area contributed by atoms with Gasteiger partial charge < -0.3 is 16.5 Å². The van der Waals surface area contributed by atoms with Gasteiger partial charge in [0, 0.05) is 48.7 Å². The number of pyridine rings is 1.